The first kappa shape index (κ1) is 20.6. The van der Waals surface area contributed by atoms with Gasteiger partial charge in [-0.05, 0) is 61.2 Å². The van der Waals surface area contributed by atoms with Crippen LogP contribution in [0, 0.1) is 13.8 Å². The van der Waals surface area contributed by atoms with Crippen LogP contribution in [-0.2, 0) is 16.4 Å². The summed E-state index contributed by atoms with van der Waals surface area (Å²) in [4.78, 5) is 12.8. The molecule has 1 amide bonds. The number of hydrogen-bond donors (Lipinski definition) is 2. The first-order chi connectivity index (χ1) is 13.9. The standard InChI is InChI=1S/C23H24N2O3S/c1-17-12-13-20(16-18(17)2)29(27,28)25-22-11-7-6-10-21(22)23(26)24-15-14-19-8-4-3-5-9-19/h3-13,16,25H,14-15H2,1-2H3,(H,24,26). The Morgan fingerprint density at radius 3 is 2.28 bits per heavy atom. The van der Waals surface area contributed by atoms with Gasteiger partial charge in [0.25, 0.3) is 15.9 Å². The van der Waals surface area contributed by atoms with Crippen LogP contribution in [0.4, 0.5) is 5.69 Å². The van der Waals surface area contributed by atoms with E-state index in [4.69, 9.17) is 0 Å². The Hall–Kier alpha value is -3.12. The van der Waals surface area contributed by atoms with Gasteiger partial charge in [-0.25, -0.2) is 8.42 Å². The van der Waals surface area contributed by atoms with E-state index in [0.717, 1.165) is 16.7 Å². The molecule has 2 N–H and O–H groups in total. The lowest BCUT2D eigenvalue weighted by atomic mass is 10.1. The third-order valence-electron chi connectivity index (χ3n) is 4.75. The zero-order valence-electron chi connectivity index (χ0n) is 16.5. The molecular formula is C23H24N2O3S. The first-order valence-electron chi connectivity index (χ1n) is 9.38. The van der Waals surface area contributed by atoms with Gasteiger partial charge in [-0.15, -0.1) is 0 Å². The van der Waals surface area contributed by atoms with Crippen molar-refractivity contribution in [3.05, 3.63) is 95.1 Å². The molecule has 0 atom stereocenters. The van der Waals surface area contributed by atoms with Crippen molar-refractivity contribution < 1.29 is 13.2 Å². The number of benzene rings is 3. The molecule has 0 aliphatic heterocycles. The average Bonchev–Trinajstić information content (AvgIpc) is 2.71. The van der Waals surface area contributed by atoms with Crippen LogP contribution < -0.4 is 10.0 Å². The van der Waals surface area contributed by atoms with Crippen LogP contribution in [0.2, 0.25) is 0 Å². The van der Waals surface area contributed by atoms with E-state index in [-0.39, 0.29) is 22.1 Å². The number of aryl methyl sites for hydroxylation is 2. The number of sulfonamides is 1. The Labute approximate surface area is 171 Å². The zero-order valence-corrected chi connectivity index (χ0v) is 17.3. The Morgan fingerprint density at radius 1 is 0.862 bits per heavy atom. The maximum Gasteiger partial charge on any atom is 0.261 e. The molecule has 3 rings (SSSR count). The molecule has 0 aliphatic carbocycles. The van der Waals surface area contributed by atoms with Gasteiger partial charge in [-0.3, -0.25) is 9.52 Å². The zero-order chi connectivity index (χ0) is 20.9. The van der Waals surface area contributed by atoms with E-state index in [2.05, 4.69) is 10.0 Å². The van der Waals surface area contributed by atoms with E-state index in [1.807, 2.05) is 44.2 Å². The van der Waals surface area contributed by atoms with E-state index >= 15 is 0 Å². The molecular weight excluding hydrogens is 384 g/mol. The van der Waals surface area contributed by atoms with E-state index < -0.39 is 10.0 Å². The quantitative estimate of drug-likeness (QED) is 0.619. The van der Waals surface area contributed by atoms with Crippen LogP contribution in [0.5, 0.6) is 0 Å². The number of nitrogens with one attached hydrogen (secondary N) is 2. The van der Waals surface area contributed by atoms with E-state index in [1.165, 1.54) is 0 Å². The number of carbonyl (C=O) groups is 1. The Kier molecular flexibility index (Phi) is 6.34. The highest BCUT2D eigenvalue weighted by molar-refractivity contribution is 7.92. The first-order valence-corrected chi connectivity index (χ1v) is 10.9. The molecule has 0 unspecified atom stereocenters. The molecule has 0 radical (unpaired) electrons. The van der Waals surface area contributed by atoms with Crippen LogP contribution in [-0.4, -0.2) is 20.9 Å². The highest BCUT2D eigenvalue weighted by atomic mass is 32.2. The molecule has 0 aliphatic rings. The SMILES string of the molecule is Cc1ccc(S(=O)(=O)Nc2ccccc2C(=O)NCCc2ccccc2)cc1C. The van der Waals surface area contributed by atoms with E-state index in [1.54, 1.807) is 42.5 Å². The van der Waals surface area contributed by atoms with Gasteiger partial charge in [0.05, 0.1) is 16.1 Å². The lowest BCUT2D eigenvalue weighted by Gasteiger charge is -2.13. The van der Waals surface area contributed by atoms with E-state index in [0.29, 0.717) is 13.0 Å². The maximum atomic E-state index is 12.8. The number of anilines is 1. The normalized spacial score (nSPS) is 11.1. The predicted octanol–water partition coefficient (Wildman–Crippen LogP) is 4.08. The Bertz CT molecular complexity index is 1110. The molecule has 0 fully saturated rings. The molecule has 0 saturated heterocycles. The van der Waals surface area contributed by atoms with Crippen LogP contribution >= 0.6 is 0 Å². The minimum Gasteiger partial charge on any atom is -0.352 e. The number of carbonyl (C=O) groups excluding carboxylic acids is 1. The number of rotatable bonds is 7. The summed E-state index contributed by atoms with van der Waals surface area (Å²) in [7, 11) is -3.80. The molecule has 3 aromatic rings. The van der Waals surface area contributed by atoms with Crippen LogP contribution in [0.25, 0.3) is 0 Å². The summed E-state index contributed by atoms with van der Waals surface area (Å²) in [6, 6.07) is 21.4. The summed E-state index contributed by atoms with van der Waals surface area (Å²) in [6.45, 7) is 4.25. The summed E-state index contributed by atoms with van der Waals surface area (Å²) in [6.07, 6.45) is 0.698. The van der Waals surface area contributed by atoms with Crippen molar-refractivity contribution in [1.29, 1.82) is 0 Å². The van der Waals surface area contributed by atoms with Gasteiger partial charge in [-0.2, -0.15) is 0 Å². The van der Waals surface area contributed by atoms with Gasteiger partial charge in [0, 0.05) is 6.54 Å². The van der Waals surface area contributed by atoms with Crippen molar-refractivity contribution in [3.63, 3.8) is 0 Å². The van der Waals surface area contributed by atoms with E-state index in [9.17, 15) is 13.2 Å². The smallest absolute Gasteiger partial charge is 0.261 e. The van der Waals surface area contributed by atoms with Crippen molar-refractivity contribution in [2.24, 2.45) is 0 Å². The topological polar surface area (TPSA) is 75.3 Å². The summed E-state index contributed by atoms with van der Waals surface area (Å²) in [5.41, 5.74) is 3.56. The lowest BCUT2D eigenvalue weighted by molar-refractivity contribution is 0.0955. The fourth-order valence-corrected chi connectivity index (χ4v) is 4.08. The molecule has 3 aromatic carbocycles. The molecule has 5 nitrogen and oxygen atoms in total. The Morgan fingerprint density at radius 2 is 1.55 bits per heavy atom. The van der Waals surface area contributed by atoms with Gasteiger partial charge in [0.1, 0.15) is 0 Å². The second kappa shape index (κ2) is 8.92. The summed E-state index contributed by atoms with van der Waals surface area (Å²) >= 11 is 0. The highest BCUT2D eigenvalue weighted by Gasteiger charge is 2.19. The molecule has 6 heteroatoms. The molecule has 0 spiro atoms. The third kappa shape index (κ3) is 5.23. The molecule has 0 heterocycles. The predicted molar refractivity (Wildman–Crippen MR) is 116 cm³/mol. The minimum atomic E-state index is -3.80. The lowest BCUT2D eigenvalue weighted by Crippen LogP contribution is -2.27. The van der Waals surface area contributed by atoms with Crippen molar-refractivity contribution in [2.45, 2.75) is 25.2 Å². The number of amides is 1. The second-order valence-corrected chi connectivity index (χ2v) is 8.57. The summed E-state index contributed by atoms with van der Waals surface area (Å²) in [5, 5.41) is 2.86. The van der Waals surface area contributed by atoms with Gasteiger partial charge in [0.15, 0.2) is 0 Å². The van der Waals surface area contributed by atoms with Crippen LogP contribution in [0.15, 0.2) is 77.7 Å². The van der Waals surface area contributed by atoms with Gasteiger partial charge in [-0.1, -0.05) is 48.5 Å². The fourth-order valence-electron chi connectivity index (χ4n) is 2.92. The largest absolute Gasteiger partial charge is 0.352 e. The van der Waals surface area contributed by atoms with Gasteiger partial charge in [0.2, 0.25) is 0 Å². The van der Waals surface area contributed by atoms with Crippen LogP contribution in [0.1, 0.15) is 27.0 Å². The van der Waals surface area contributed by atoms with Crippen LogP contribution in [0.3, 0.4) is 0 Å². The monoisotopic (exact) mass is 408 g/mol. The average molecular weight is 409 g/mol. The summed E-state index contributed by atoms with van der Waals surface area (Å²) in [5.74, 6) is -0.320. The molecule has 0 bridgehead atoms. The third-order valence-corrected chi connectivity index (χ3v) is 6.11. The number of para-hydroxylation sites is 1. The minimum absolute atomic E-state index is 0.167. The molecule has 29 heavy (non-hydrogen) atoms. The van der Waals surface area contributed by atoms with Crippen molar-refractivity contribution in [2.75, 3.05) is 11.3 Å². The molecule has 150 valence electrons. The van der Waals surface area contributed by atoms with Gasteiger partial charge < -0.3 is 5.32 Å². The molecule has 0 aromatic heterocycles. The van der Waals surface area contributed by atoms with Crippen molar-refractivity contribution in [1.82, 2.24) is 5.32 Å². The van der Waals surface area contributed by atoms with Gasteiger partial charge >= 0.3 is 0 Å². The second-order valence-electron chi connectivity index (χ2n) is 6.89. The molecule has 0 saturated carbocycles. The number of hydrogen-bond acceptors (Lipinski definition) is 3. The summed E-state index contributed by atoms with van der Waals surface area (Å²) < 4.78 is 28.1. The van der Waals surface area contributed by atoms with Crippen molar-refractivity contribution >= 4 is 21.6 Å². The fraction of sp³-hybridized carbons (Fsp3) is 0.174. The Balaban J connectivity index is 1.74. The highest BCUT2D eigenvalue weighted by Crippen LogP contribution is 2.21. The maximum absolute atomic E-state index is 12.8. The van der Waals surface area contributed by atoms with Crippen molar-refractivity contribution in [3.8, 4) is 0 Å².